The van der Waals surface area contributed by atoms with Crippen LogP contribution in [0, 0.1) is 0 Å². The molecule has 0 saturated heterocycles. The van der Waals surface area contributed by atoms with Crippen molar-refractivity contribution < 1.29 is 19.1 Å². The summed E-state index contributed by atoms with van der Waals surface area (Å²) in [6.07, 6.45) is -0.657. The summed E-state index contributed by atoms with van der Waals surface area (Å²) in [5, 5.41) is 7.97. The number of thiocarbonyl (C=S) groups is 1. The van der Waals surface area contributed by atoms with E-state index in [1.54, 1.807) is 25.1 Å². The van der Waals surface area contributed by atoms with Crippen LogP contribution >= 0.6 is 12.2 Å². The van der Waals surface area contributed by atoms with Gasteiger partial charge in [-0.25, -0.2) is 4.79 Å². The number of ether oxygens (including phenoxy) is 2. The van der Waals surface area contributed by atoms with Gasteiger partial charge in [-0.15, -0.1) is 0 Å². The Labute approximate surface area is 156 Å². The summed E-state index contributed by atoms with van der Waals surface area (Å²) >= 11 is 5.07. The first kappa shape index (κ1) is 19.2. The molecule has 0 radical (unpaired) electrons. The molecule has 2 amide bonds. The molecular formula is C18H19N3O4S. The number of hydrogen-bond acceptors (Lipinski definition) is 5. The summed E-state index contributed by atoms with van der Waals surface area (Å²) in [5.41, 5.74) is 0.960. The van der Waals surface area contributed by atoms with Gasteiger partial charge in [-0.05, 0) is 43.4 Å². The molecule has 0 atom stereocenters. The van der Waals surface area contributed by atoms with Gasteiger partial charge in [0.2, 0.25) is 5.91 Å². The van der Waals surface area contributed by atoms with Crippen molar-refractivity contribution in [2.75, 3.05) is 17.2 Å². The van der Waals surface area contributed by atoms with Gasteiger partial charge < -0.3 is 20.1 Å². The summed E-state index contributed by atoms with van der Waals surface area (Å²) < 4.78 is 10.5. The third kappa shape index (κ3) is 6.06. The molecule has 0 bridgehead atoms. The second kappa shape index (κ2) is 9.38. The number of carbonyl (C=O) groups excluding carboxylic acids is 2. The van der Waals surface area contributed by atoms with Gasteiger partial charge in [0, 0.05) is 13.0 Å². The SMILES string of the molecule is CCOC(=O)NC(=S)Nc1ccc(Oc2ccccc2)cc1NC(C)=O. The first-order chi connectivity index (χ1) is 12.5. The summed E-state index contributed by atoms with van der Waals surface area (Å²) in [5.74, 6) is 0.949. The van der Waals surface area contributed by atoms with Gasteiger partial charge >= 0.3 is 6.09 Å². The van der Waals surface area contributed by atoms with E-state index in [9.17, 15) is 9.59 Å². The number of hydrogen-bond donors (Lipinski definition) is 3. The van der Waals surface area contributed by atoms with Gasteiger partial charge in [0.15, 0.2) is 5.11 Å². The van der Waals surface area contributed by atoms with Crippen LogP contribution in [-0.2, 0) is 9.53 Å². The van der Waals surface area contributed by atoms with Gasteiger partial charge in [0.05, 0.1) is 18.0 Å². The summed E-state index contributed by atoms with van der Waals surface area (Å²) in [7, 11) is 0. The highest BCUT2D eigenvalue weighted by molar-refractivity contribution is 7.80. The molecule has 0 heterocycles. The molecule has 0 unspecified atom stereocenters. The Morgan fingerprint density at radius 3 is 2.38 bits per heavy atom. The van der Waals surface area contributed by atoms with E-state index in [4.69, 9.17) is 21.7 Å². The zero-order valence-electron chi connectivity index (χ0n) is 14.4. The molecule has 0 aromatic heterocycles. The van der Waals surface area contributed by atoms with E-state index in [2.05, 4.69) is 16.0 Å². The number of carbonyl (C=O) groups is 2. The number of amides is 2. The Hall–Kier alpha value is -3.13. The maximum Gasteiger partial charge on any atom is 0.413 e. The lowest BCUT2D eigenvalue weighted by Crippen LogP contribution is -2.34. The maximum absolute atomic E-state index is 11.5. The first-order valence-electron chi connectivity index (χ1n) is 7.87. The molecule has 3 N–H and O–H groups in total. The molecule has 0 aliphatic rings. The lowest BCUT2D eigenvalue weighted by atomic mass is 10.2. The van der Waals surface area contributed by atoms with E-state index in [0.29, 0.717) is 22.9 Å². The Bertz CT molecular complexity index is 796. The van der Waals surface area contributed by atoms with Crippen LogP contribution in [0.3, 0.4) is 0 Å². The lowest BCUT2D eigenvalue weighted by Gasteiger charge is -2.15. The Morgan fingerprint density at radius 1 is 1.00 bits per heavy atom. The Kier molecular flexibility index (Phi) is 6.92. The second-order valence-electron chi connectivity index (χ2n) is 5.10. The zero-order valence-corrected chi connectivity index (χ0v) is 15.2. The molecule has 136 valence electrons. The monoisotopic (exact) mass is 373 g/mol. The minimum atomic E-state index is -0.657. The van der Waals surface area contributed by atoms with Crippen LogP contribution in [0.4, 0.5) is 16.2 Å². The van der Waals surface area contributed by atoms with Gasteiger partial charge in [0.1, 0.15) is 11.5 Å². The van der Waals surface area contributed by atoms with Crippen LogP contribution in [0.2, 0.25) is 0 Å². The third-order valence-electron chi connectivity index (χ3n) is 3.02. The molecule has 2 rings (SSSR count). The highest BCUT2D eigenvalue weighted by Crippen LogP contribution is 2.30. The summed E-state index contributed by atoms with van der Waals surface area (Å²) in [6, 6.07) is 14.3. The number of alkyl carbamates (subject to hydrolysis) is 1. The third-order valence-corrected chi connectivity index (χ3v) is 3.22. The van der Waals surface area contributed by atoms with Gasteiger partial charge in [-0.3, -0.25) is 10.1 Å². The van der Waals surface area contributed by atoms with Crippen LogP contribution in [0.1, 0.15) is 13.8 Å². The molecule has 0 aliphatic carbocycles. The summed E-state index contributed by atoms with van der Waals surface area (Å²) in [6.45, 7) is 3.32. The van der Waals surface area contributed by atoms with E-state index < -0.39 is 6.09 Å². The standard InChI is InChI=1S/C18H19N3O4S/c1-3-24-18(23)21-17(26)20-15-10-9-14(11-16(15)19-12(2)22)25-13-7-5-4-6-8-13/h4-11H,3H2,1-2H3,(H,19,22)(H2,20,21,23,26). The normalized spacial score (nSPS) is 9.77. The number of benzene rings is 2. The van der Waals surface area contributed by atoms with E-state index in [1.807, 2.05) is 30.3 Å². The minimum Gasteiger partial charge on any atom is -0.457 e. The van der Waals surface area contributed by atoms with Crippen LogP contribution in [0.15, 0.2) is 48.5 Å². The molecule has 0 fully saturated rings. The van der Waals surface area contributed by atoms with E-state index >= 15 is 0 Å². The first-order valence-corrected chi connectivity index (χ1v) is 8.28. The highest BCUT2D eigenvalue weighted by atomic mass is 32.1. The average molecular weight is 373 g/mol. The average Bonchev–Trinajstić information content (AvgIpc) is 2.57. The van der Waals surface area contributed by atoms with Crippen LogP contribution < -0.4 is 20.7 Å². The fourth-order valence-electron chi connectivity index (χ4n) is 2.03. The number of para-hydroxylation sites is 1. The molecule has 2 aromatic carbocycles. The van der Waals surface area contributed by atoms with Crippen molar-refractivity contribution in [3.63, 3.8) is 0 Å². The quantitative estimate of drug-likeness (QED) is 0.689. The topological polar surface area (TPSA) is 88.7 Å². The van der Waals surface area contributed by atoms with Crippen molar-refractivity contribution in [2.24, 2.45) is 0 Å². The maximum atomic E-state index is 11.5. The number of anilines is 2. The number of nitrogens with one attached hydrogen (secondary N) is 3. The highest BCUT2D eigenvalue weighted by Gasteiger charge is 2.11. The zero-order chi connectivity index (χ0) is 18.9. The van der Waals surface area contributed by atoms with Crippen molar-refractivity contribution in [3.05, 3.63) is 48.5 Å². The molecule has 0 saturated carbocycles. The van der Waals surface area contributed by atoms with Crippen molar-refractivity contribution in [1.82, 2.24) is 5.32 Å². The molecular weight excluding hydrogens is 354 g/mol. The van der Waals surface area contributed by atoms with Crippen molar-refractivity contribution in [2.45, 2.75) is 13.8 Å². The fourth-order valence-corrected chi connectivity index (χ4v) is 2.22. The van der Waals surface area contributed by atoms with Gasteiger partial charge in [0.25, 0.3) is 0 Å². The van der Waals surface area contributed by atoms with E-state index in [-0.39, 0.29) is 17.6 Å². The van der Waals surface area contributed by atoms with E-state index in [1.165, 1.54) is 6.92 Å². The van der Waals surface area contributed by atoms with E-state index in [0.717, 1.165) is 0 Å². The van der Waals surface area contributed by atoms with Crippen LogP contribution in [0.25, 0.3) is 0 Å². The Morgan fingerprint density at radius 2 is 1.73 bits per heavy atom. The predicted octanol–water partition coefficient (Wildman–Crippen LogP) is 3.88. The molecule has 2 aromatic rings. The predicted molar refractivity (Wildman–Crippen MR) is 104 cm³/mol. The van der Waals surface area contributed by atoms with Crippen LogP contribution in [0.5, 0.6) is 11.5 Å². The Balaban J connectivity index is 2.16. The fraction of sp³-hybridized carbons (Fsp3) is 0.167. The van der Waals surface area contributed by atoms with Gasteiger partial charge in [-0.2, -0.15) is 0 Å². The van der Waals surface area contributed by atoms with Gasteiger partial charge in [-0.1, -0.05) is 18.2 Å². The molecule has 26 heavy (non-hydrogen) atoms. The van der Waals surface area contributed by atoms with Crippen LogP contribution in [-0.4, -0.2) is 23.7 Å². The largest absolute Gasteiger partial charge is 0.457 e. The van der Waals surface area contributed by atoms with Crippen molar-refractivity contribution in [3.8, 4) is 11.5 Å². The molecule has 0 aliphatic heterocycles. The summed E-state index contributed by atoms with van der Waals surface area (Å²) in [4.78, 5) is 22.9. The minimum absolute atomic E-state index is 0.0479. The molecule has 8 heteroatoms. The van der Waals surface area contributed by atoms with Crippen molar-refractivity contribution in [1.29, 1.82) is 0 Å². The van der Waals surface area contributed by atoms with Crippen molar-refractivity contribution >= 4 is 40.7 Å². The molecule has 0 spiro atoms. The second-order valence-corrected chi connectivity index (χ2v) is 5.51. The lowest BCUT2D eigenvalue weighted by molar-refractivity contribution is -0.114. The molecule has 7 nitrogen and oxygen atoms in total. The number of rotatable bonds is 5. The smallest absolute Gasteiger partial charge is 0.413 e.